The molecule has 0 spiro atoms. The molecule has 0 aliphatic carbocycles. The SMILES string of the molecule is CCS(=O)(=O)N1Cc2ccccc2C[C@H]1C(=O)N[C@@H](C)c1ccc(-n2ccnc2)cc1. The number of nitrogens with one attached hydrogen (secondary N) is 1. The number of hydrogen-bond donors (Lipinski definition) is 1. The van der Waals surface area contributed by atoms with Gasteiger partial charge in [-0.15, -0.1) is 0 Å². The lowest BCUT2D eigenvalue weighted by Crippen LogP contribution is -2.53. The van der Waals surface area contributed by atoms with Crippen LogP contribution in [0, 0.1) is 0 Å². The van der Waals surface area contributed by atoms with Crippen molar-refractivity contribution in [2.45, 2.75) is 38.9 Å². The number of nitrogens with zero attached hydrogens (tertiary/aromatic N) is 3. The summed E-state index contributed by atoms with van der Waals surface area (Å²) in [6, 6.07) is 14.5. The standard InChI is InChI=1S/C23H26N4O3S/c1-3-31(29,30)27-15-20-7-5-4-6-19(20)14-22(27)23(28)25-17(2)18-8-10-21(11-9-18)26-13-12-24-16-26/h4-13,16-17,22H,3,14-15H2,1-2H3,(H,25,28)/t17-,22-/m0/s1. The predicted octanol–water partition coefficient (Wildman–Crippen LogP) is 2.83. The van der Waals surface area contributed by atoms with Crippen molar-refractivity contribution in [1.82, 2.24) is 19.2 Å². The number of hydrogen-bond acceptors (Lipinski definition) is 4. The van der Waals surface area contributed by atoms with Gasteiger partial charge in [-0.1, -0.05) is 36.4 Å². The van der Waals surface area contributed by atoms with E-state index in [1.807, 2.05) is 66.2 Å². The quantitative estimate of drug-likeness (QED) is 0.641. The van der Waals surface area contributed by atoms with Crippen LogP contribution in [0.2, 0.25) is 0 Å². The maximum Gasteiger partial charge on any atom is 0.239 e. The molecule has 1 aliphatic rings. The second-order valence-corrected chi connectivity index (χ2v) is 9.94. The van der Waals surface area contributed by atoms with Crippen molar-refractivity contribution in [3.05, 3.63) is 83.9 Å². The Labute approximate surface area is 182 Å². The van der Waals surface area contributed by atoms with E-state index in [1.165, 1.54) is 4.31 Å². The molecule has 0 saturated heterocycles. The Hall–Kier alpha value is -2.97. The Kier molecular flexibility index (Phi) is 5.93. The van der Waals surface area contributed by atoms with Crippen LogP contribution in [0.4, 0.5) is 0 Å². The first kappa shape index (κ1) is 21.3. The summed E-state index contributed by atoms with van der Waals surface area (Å²) in [5.74, 6) is -0.317. The summed E-state index contributed by atoms with van der Waals surface area (Å²) in [4.78, 5) is 17.2. The van der Waals surface area contributed by atoms with E-state index < -0.39 is 16.1 Å². The summed E-state index contributed by atoms with van der Waals surface area (Å²) in [7, 11) is -3.53. The van der Waals surface area contributed by atoms with Crippen molar-refractivity contribution in [1.29, 1.82) is 0 Å². The van der Waals surface area contributed by atoms with E-state index in [0.717, 1.165) is 22.4 Å². The molecule has 1 N–H and O–H groups in total. The molecule has 0 radical (unpaired) electrons. The average Bonchev–Trinajstić information content (AvgIpc) is 3.33. The first-order valence-corrected chi connectivity index (χ1v) is 11.9. The molecule has 1 amide bonds. The topological polar surface area (TPSA) is 84.3 Å². The summed E-state index contributed by atoms with van der Waals surface area (Å²) in [6.07, 6.45) is 5.68. The molecular weight excluding hydrogens is 412 g/mol. The smallest absolute Gasteiger partial charge is 0.239 e. The number of sulfonamides is 1. The summed E-state index contributed by atoms with van der Waals surface area (Å²) >= 11 is 0. The predicted molar refractivity (Wildman–Crippen MR) is 119 cm³/mol. The Morgan fingerprint density at radius 3 is 2.52 bits per heavy atom. The van der Waals surface area contributed by atoms with Gasteiger partial charge in [-0.3, -0.25) is 4.79 Å². The third kappa shape index (κ3) is 4.40. The zero-order chi connectivity index (χ0) is 22.0. The van der Waals surface area contributed by atoms with E-state index in [0.29, 0.717) is 6.42 Å². The van der Waals surface area contributed by atoms with Crippen molar-refractivity contribution in [3.63, 3.8) is 0 Å². The van der Waals surface area contributed by atoms with E-state index in [-0.39, 0.29) is 24.2 Å². The molecule has 0 bridgehead atoms. The molecule has 0 fully saturated rings. The highest BCUT2D eigenvalue weighted by molar-refractivity contribution is 7.89. The highest BCUT2D eigenvalue weighted by Gasteiger charge is 2.38. The lowest BCUT2D eigenvalue weighted by Gasteiger charge is -2.35. The first-order chi connectivity index (χ1) is 14.9. The molecule has 0 unspecified atom stereocenters. The van der Waals surface area contributed by atoms with Gasteiger partial charge in [0.05, 0.1) is 18.1 Å². The minimum Gasteiger partial charge on any atom is -0.348 e. The maximum atomic E-state index is 13.2. The molecule has 2 heterocycles. The van der Waals surface area contributed by atoms with Crippen molar-refractivity contribution >= 4 is 15.9 Å². The van der Waals surface area contributed by atoms with Crippen LogP contribution in [0.25, 0.3) is 5.69 Å². The van der Waals surface area contributed by atoms with Gasteiger partial charge in [0.2, 0.25) is 15.9 Å². The van der Waals surface area contributed by atoms with Crippen LogP contribution < -0.4 is 5.32 Å². The third-order valence-corrected chi connectivity index (χ3v) is 7.61. The molecule has 0 saturated carbocycles. The molecule has 1 aromatic heterocycles. The lowest BCUT2D eigenvalue weighted by atomic mass is 9.95. The van der Waals surface area contributed by atoms with E-state index in [4.69, 9.17) is 0 Å². The van der Waals surface area contributed by atoms with Crippen molar-refractivity contribution in [2.75, 3.05) is 5.75 Å². The monoisotopic (exact) mass is 438 g/mol. The molecule has 8 heteroatoms. The largest absolute Gasteiger partial charge is 0.348 e. The molecule has 162 valence electrons. The van der Waals surface area contributed by atoms with Gasteiger partial charge in [0, 0.05) is 24.6 Å². The van der Waals surface area contributed by atoms with Gasteiger partial charge in [-0.05, 0) is 49.1 Å². The molecule has 3 aromatic rings. The Balaban J connectivity index is 1.53. The third-order valence-electron chi connectivity index (χ3n) is 5.78. The van der Waals surface area contributed by atoms with Gasteiger partial charge in [-0.2, -0.15) is 4.31 Å². The van der Waals surface area contributed by atoms with Gasteiger partial charge in [0.1, 0.15) is 6.04 Å². The van der Waals surface area contributed by atoms with Crippen LogP contribution >= 0.6 is 0 Å². The van der Waals surface area contributed by atoms with Crippen LogP contribution in [0.1, 0.15) is 36.6 Å². The van der Waals surface area contributed by atoms with Gasteiger partial charge in [-0.25, -0.2) is 13.4 Å². The number of fused-ring (bicyclic) bond motifs is 1. The maximum absolute atomic E-state index is 13.2. The molecule has 31 heavy (non-hydrogen) atoms. The summed E-state index contributed by atoms with van der Waals surface area (Å²) in [5, 5.41) is 3.01. The normalized spacial score (nSPS) is 17.7. The minimum atomic E-state index is -3.53. The molecule has 2 aromatic carbocycles. The molecule has 7 nitrogen and oxygen atoms in total. The molecular formula is C23H26N4O3S. The van der Waals surface area contributed by atoms with Crippen molar-refractivity contribution < 1.29 is 13.2 Å². The van der Waals surface area contributed by atoms with Gasteiger partial charge in [0.15, 0.2) is 0 Å². The second kappa shape index (κ2) is 8.64. The van der Waals surface area contributed by atoms with Crippen molar-refractivity contribution in [2.24, 2.45) is 0 Å². The Morgan fingerprint density at radius 1 is 1.16 bits per heavy atom. The highest BCUT2D eigenvalue weighted by Crippen LogP contribution is 2.27. The fourth-order valence-electron chi connectivity index (χ4n) is 3.92. The number of benzene rings is 2. The number of carbonyl (C=O) groups is 1. The van der Waals surface area contributed by atoms with E-state index >= 15 is 0 Å². The molecule has 2 atom stereocenters. The zero-order valence-electron chi connectivity index (χ0n) is 17.6. The van der Waals surface area contributed by atoms with E-state index in [2.05, 4.69) is 10.3 Å². The number of imidazole rings is 1. The van der Waals surface area contributed by atoms with Crippen LogP contribution in [0.5, 0.6) is 0 Å². The number of rotatable bonds is 6. The van der Waals surface area contributed by atoms with Crippen LogP contribution in [0.3, 0.4) is 0 Å². The number of amides is 1. The Morgan fingerprint density at radius 2 is 1.87 bits per heavy atom. The fraction of sp³-hybridized carbons (Fsp3) is 0.304. The van der Waals surface area contributed by atoms with Crippen molar-refractivity contribution in [3.8, 4) is 5.69 Å². The minimum absolute atomic E-state index is 0.0375. The Bertz CT molecular complexity index is 1160. The first-order valence-electron chi connectivity index (χ1n) is 10.3. The zero-order valence-corrected chi connectivity index (χ0v) is 18.4. The van der Waals surface area contributed by atoms with Crippen LogP contribution in [-0.2, 0) is 27.8 Å². The molecule has 1 aliphatic heterocycles. The summed E-state index contributed by atoms with van der Waals surface area (Å²) in [6.45, 7) is 3.73. The van der Waals surface area contributed by atoms with E-state index in [1.54, 1.807) is 19.4 Å². The van der Waals surface area contributed by atoms with Gasteiger partial charge >= 0.3 is 0 Å². The van der Waals surface area contributed by atoms with E-state index in [9.17, 15) is 13.2 Å². The number of aromatic nitrogens is 2. The summed E-state index contributed by atoms with van der Waals surface area (Å²) in [5.41, 5.74) is 3.89. The highest BCUT2D eigenvalue weighted by atomic mass is 32.2. The summed E-state index contributed by atoms with van der Waals surface area (Å²) < 4.78 is 28.7. The molecule has 4 rings (SSSR count). The lowest BCUT2D eigenvalue weighted by molar-refractivity contribution is -0.125. The van der Waals surface area contributed by atoms with Crippen LogP contribution in [-0.4, -0.2) is 40.0 Å². The number of carbonyl (C=O) groups excluding carboxylic acids is 1. The van der Waals surface area contributed by atoms with Crippen LogP contribution in [0.15, 0.2) is 67.3 Å². The fourth-order valence-corrected chi connectivity index (χ4v) is 5.15. The average molecular weight is 439 g/mol. The second-order valence-electron chi connectivity index (χ2n) is 7.73. The van der Waals surface area contributed by atoms with Gasteiger partial charge in [0.25, 0.3) is 0 Å². The van der Waals surface area contributed by atoms with Gasteiger partial charge < -0.3 is 9.88 Å².